The molecule has 4 aromatic rings. The Morgan fingerprint density at radius 1 is 1.27 bits per heavy atom. The minimum absolute atomic E-state index is 0.0343. The van der Waals surface area contributed by atoms with Gasteiger partial charge in [0.25, 0.3) is 0 Å². The molecule has 0 saturated carbocycles. The van der Waals surface area contributed by atoms with E-state index in [9.17, 15) is 10.1 Å². The average molecular weight is 394 g/mol. The molecule has 0 radical (unpaired) electrons. The summed E-state index contributed by atoms with van der Waals surface area (Å²) < 4.78 is 0. The summed E-state index contributed by atoms with van der Waals surface area (Å²) in [4.78, 5) is 22.6. The smallest absolute Gasteiger partial charge is 0.246 e. The third-order valence-corrected chi connectivity index (χ3v) is 5.67. The topological polar surface area (TPSA) is 98.6 Å². The standard InChI is InChI=1S/C23H18N6O/c1-3-21(30)29-11-15(12-29)23-26-18-7-5-14(8-16(18)20(9-24)27-23)22-13(2)4-6-19-17(22)10-25-28-19/h3-8,10,15H,1,11-12H2,2H3,(H,25,28). The van der Waals surface area contributed by atoms with Crippen molar-refractivity contribution in [2.75, 3.05) is 13.1 Å². The van der Waals surface area contributed by atoms with E-state index in [-0.39, 0.29) is 11.8 Å². The van der Waals surface area contributed by atoms with E-state index < -0.39 is 0 Å². The van der Waals surface area contributed by atoms with Crippen molar-refractivity contribution in [3.05, 3.63) is 66.3 Å². The Morgan fingerprint density at radius 3 is 2.87 bits per heavy atom. The second-order valence-electron chi connectivity index (χ2n) is 7.51. The lowest BCUT2D eigenvalue weighted by Gasteiger charge is -2.37. The quantitative estimate of drug-likeness (QED) is 0.537. The highest BCUT2D eigenvalue weighted by atomic mass is 16.2. The molecule has 7 nitrogen and oxygen atoms in total. The van der Waals surface area contributed by atoms with E-state index in [0.717, 1.165) is 38.5 Å². The summed E-state index contributed by atoms with van der Waals surface area (Å²) in [5.74, 6) is 0.543. The molecule has 0 unspecified atom stereocenters. The summed E-state index contributed by atoms with van der Waals surface area (Å²) in [7, 11) is 0. The van der Waals surface area contributed by atoms with Gasteiger partial charge >= 0.3 is 0 Å². The van der Waals surface area contributed by atoms with Crippen molar-refractivity contribution in [3.8, 4) is 17.2 Å². The molecule has 0 spiro atoms. The van der Waals surface area contributed by atoms with E-state index >= 15 is 0 Å². The molecular weight excluding hydrogens is 376 g/mol. The van der Waals surface area contributed by atoms with Gasteiger partial charge in [-0.15, -0.1) is 0 Å². The van der Waals surface area contributed by atoms with Crippen molar-refractivity contribution in [1.29, 1.82) is 5.26 Å². The van der Waals surface area contributed by atoms with Crippen LogP contribution in [0.4, 0.5) is 0 Å². The van der Waals surface area contributed by atoms with Crippen LogP contribution in [0.2, 0.25) is 0 Å². The number of hydrogen-bond donors (Lipinski definition) is 1. The summed E-state index contributed by atoms with van der Waals surface area (Å²) in [5, 5.41) is 18.6. The molecule has 0 bridgehead atoms. The SMILES string of the molecule is C=CC(=O)N1CC(c2nc(C#N)c3cc(-c4c(C)ccc5[nH]ncc45)ccc3n2)C1. The highest BCUT2D eigenvalue weighted by Gasteiger charge is 2.33. The Hall–Kier alpha value is -4.05. The molecule has 1 aliphatic heterocycles. The summed E-state index contributed by atoms with van der Waals surface area (Å²) in [6.45, 7) is 6.66. The molecule has 0 atom stereocenters. The van der Waals surface area contributed by atoms with Gasteiger partial charge in [0, 0.05) is 23.9 Å². The van der Waals surface area contributed by atoms with Crippen molar-refractivity contribution in [2.45, 2.75) is 12.8 Å². The van der Waals surface area contributed by atoms with Crippen LogP contribution in [-0.2, 0) is 4.79 Å². The Morgan fingerprint density at radius 2 is 2.10 bits per heavy atom. The number of carbonyl (C=O) groups is 1. The highest BCUT2D eigenvalue weighted by molar-refractivity contribution is 5.99. The van der Waals surface area contributed by atoms with Crippen molar-refractivity contribution < 1.29 is 4.79 Å². The molecule has 1 N–H and O–H groups in total. The Balaban J connectivity index is 1.58. The fourth-order valence-electron chi connectivity index (χ4n) is 4.03. The fraction of sp³-hybridized carbons (Fsp3) is 0.174. The first-order chi connectivity index (χ1) is 14.6. The maximum Gasteiger partial charge on any atom is 0.246 e. The third kappa shape index (κ3) is 2.73. The first-order valence-corrected chi connectivity index (χ1v) is 9.65. The number of nitriles is 1. The van der Waals surface area contributed by atoms with E-state index in [0.29, 0.717) is 24.6 Å². The molecule has 1 fully saturated rings. The lowest BCUT2D eigenvalue weighted by molar-refractivity contribution is -0.130. The van der Waals surface area contributed by atoms with Gasteiger partial charge in [-0.25, -0.2) is 9.97 Å². The van der Waals surface area contributed by atoms with Crippen LogP contribution >= 0.6 is 0 Å². The molecule has 7 heteroatoms. The van der Waals surface area contributed by atoms with Gasteiger partial charge in [0.15, 0.2) is 5.69 Å². The van der Waals surface area contributed by atoms with Crippen LogP contribution < -0.4 is 0 Å². The second kappa shape index (κ2) is 6.78. The number of benzene rings is 2. The molecule has 0 aliphatic carbocycles. The maximum absolute atomic E-state index is 11.7. The monoisotopic (exact) mass is 394 g/mol. The van der Waals surface area contributed by atoms with E-state index in [4.69, 9.17) is 4.98 Å². The summed E-state index contributed by atoms with van der Waals surface area (Å²) >= 11 is 0. The normalized spacial score (nSPS) is 13.9. The van der Waals surface area contributed by atoms with Crippen LogP contribution in [-0.4, -0.2) is 44.1 Å². The zero-order valence-corrected chi connectivity index (χ0v) is 16.4. The molecule has 30 heavy (non-hydrogen) atoms. The number of aromatic nitrogens is 4. The number of amides is 1. The van der Waals surface area contributed by atoms with Crippen LogP contribution in [0.5, 0.6) is 0 Å². The molecule has 2 aromatic heterocycles. The number of H-pyrrole nitrogens is 1. The van der Waals surface area contributed by atoms with Gasteiger partial charge in [0.2, 0.25) is 5.91 Å². The largest absolute Gasteiger partial charge is 0.338 e. The Bertz CT molecular complexity index is 1370. The summed E-state index contributed by atoms with van der Waals surface area (Å²) in [5.41, 5.74) is 5.24. The maximum atomic E-state index is 11.7. The molecule has 1 aliphatic rings. The zero-order valence-electron chi connectivity index (χ0n) is 16.4. The van der Waals surface area contributed by atoms with Crippen molar-refractivity contribution in [1.82, 2.24) is 25.1 Å². The minimum atomic E-state index is -0.0963. The van der Waals surface area contributed by atoms with Gasteiger partial charge in [-0.3, -0.25) is 9.89 Å². The number of fused-ring (bicyclic) bond motifs is 2. The highest BCUT2D eigenvalue weighted by Crippen LogP contribution is 2.34. The summed E-state index contributed by atoms with van der Waals surface area (Å²) in [6, 6.07) is 12.2. The minimum Gasteiger partial charge on any atom is -0.338 e. The van der Waals surface area contributed by atoms with Gasteiger partial charge in [-0.05, 0) is 47.9 Å². The number of aryl methyl sites for hydroxylation is 1. The molecule has 5 rings (SSSR count). The third-order valence-electron chi connectivity index (χ3n) is 5.67. The van der Waals surface area contributed by atoms with E-state index in [1.54, 1.807) is 4.90 Å². The van der Waals surface area contributed by atoms with Gasteiger partial charge in [0.1, 0.15) is 11.9 Å². The van der Waals surface area contributed by atoms with Crippen LogP contribution in [0.15, 0.2) is 49.2 Å². The zero-order chi connectivity index (χ0) is 20.8. The van der Waals surface area contributed by atoms with E-state index in [2.05, 4.69) is 40.8 Å². The molecule has 2 aromatic carbocycles. The fourth-order valence-corrected chi connectivity index (χ4v) is 4.03. The van der Waals surface area contributed by atoms with E-state index in [1.807, 2.05) is 30.5 Å². The Kier molecular flexibility index (Phi) is 4.07. The number of aromatic amines is 1. The lowest BCUT2D eigenvalue weighted by atomic mass is 9.95. The predicted molar refractivity (Wildman–Crippen MR) is 114 cm³/mol. The van der Waals surface area contributed by atoms with Crippen LogP contribution in [0, 0.1) is 18.3 Å². The number of nitrogens with one attached hydrogen (secondary N) is 1. The number of hydrogen-bond acceptors (Lipinski definition) is 5. The van der Waals surface area contributed by atoms with Gasteiger partial charge in [-0.2, -0.15) is 10.4 Å². The predicted octanol–water partition coefficient (Wildman–Crippen LogP) is 3.47. The average Bonchev–Trinajstić information content (AvgIpc) is 3.20. The molecule has 3 heterocycles. The number of rotatable bonds is 3. The first kappa shape index (κ1) is 18.0. The first-order valence-electron chi connectivity index (χ1n) is 9.65. The molecular formula is C23H18N6O. The van der Waals surface area contributed by atoms with Crippen LogP contribution in [0.25, 0.3) is 32.9 Å². The Labute approximate surface area is 172 Å². The van der Waals surface area contributed by atoms with Crippen LogP contribution in [0.1, 0.15) is 23.0 Å². The number of likely N-dealkylation sites (tertiary alicyclic amines) is 1. The van der Waals surface area contributed by atoms with E-state index in [1.165, 1.54) is 6.08 Å². The number of carbonyl (C=O) groups excluding carboxylic acids is 1. The van der Waals surface area contributed by atoms with Crippen molar-refractivity contribution in [2.24, 2.45) is 0 Å². The molecule has 146 valence electrons. The van der Waals surface area contributed by atoms with Gasteiger partial charge in [-0.1, -0.05) is 18.7 Å². The van der Waals surface area contributed by atoms with Crippen molar-refractivity contribution >= 4 is 27.7 Å². The summed E-state index contributed by atoms with van der Waals surface area (Å²) in [6.07, 6.45) is 3.13. The van der Waals surface area contributed by atoms with Crippen LogP contribution in [0.3, 0.4) is 0 Å². The molecule has 1 amide bonds. The van der Waals surface area contributed by atoms with Gasteiger partial charge in [0.05, 0.1) is 23.1 Å². The van der Waals surface area contributed by atoms with Gasteiger partial charge < -0.3 is 4.90 Å². The second-order valence-corrected chi connectivity index (χ2v) is 7.51. The molecule has 1 saturated heterocycles. The van der Waals surface area contributed by atoms with Crippen molar-refractivity contribution in [3.63, 3.8) is 0 Å². The number of nitrogens with zero attached hydrogens (tertiary/aromatic N) is 5. The lowest BCUT2D eigenvalue weighted by Crippen LogP contribution is -2.48.